The summed E-state index contributed by atoms with van der Waals surface area (Å²) in [4.78, 5) is 50.4. The molecule has 5 N–H and O–H groups in total. The van der Waals surface area contributed by atoms with Gasteiger partial charge in [-0.3, -0.25) is 18.8 Å². The van der Waals surface area contributed by atoms with E-state index in [9.17, 15) is 22.8 Å². The molecule has 2 fully saturated rings. The van der Waals surface area contributed by atoms with Crippen molar-refractivity contribution < 1.29 is 27.1 Å². The van der Waals surface area contributed by atoms with Crippen molar-refractivity contribution in [2.45, 2.75) is 68.7 Å². The first kappa shape index (κ1) is 42.9. The van der Waals surface area contributed by atoms with Crippen molar-refractivity contribution in [1.82, 2.24) is 43.2 Å². The summed E-state index contributed by atoms with van der Waals surface area (Å²) in [5.74, 6) is -0.771. The summed E-state index contributed by atoms with van der Waals surface area (Å²) in [5.41, 5.74) is 8.49. The van der Waals surface area contributed by atoms with Crippen LogP contribution in [0.15, 0.2) is 58.6 Å². The first-order chi connectivity index (χ1) is 29.2. The molecular formula is C40H50FN13O6S. The quantitative estimate of drug-likeness (QED) is 0.0735. The normalized spacial score (nSPS) is 17.5. The Hall–Kier alpha value is -6.19. The maximum Gasteiger partial charge on any atom is 0.329 e. The number of nitrogens with two attached hydrogens (primary N) is 1. The minimum atomic E-state index is -4.01. The molecule has 2 aliphatic heterocycles. The van der Waals surface area contributed by atoms with E-state index in [2.05, 4.69) is 35.5 Å². The summed E-state index contributed by atoms with van der Waals surface area (Å²) >= 11 is 0. The number of nitrogens with one attached hydrogen (secondary N) is 3. The molecule has 0 saturated carbocycles. The third-order valence-electron chi connectivity index (χ3n) is 11.3. The highest BCUT2D eigenvalue weighted by Crippen LogP contribution is 2.36. The number of aromatic nitrogens is 6. The smallest absolute Gasteiger partial charge is 0.329 e. The third kappa shape index (κ3) is 8.31. The maximum atomic E-state index is 15.5. The Morgan fingerprint density at radius 2 is 1.95 bits per heavy atom. The van der Waals surface area contributed by atoms with Gasteiger partial charge in [0.15, 0.2) is 5.75 Å². The Balaban J connectivity index is 0.955. The average Bonchev–Trinajstić information content (AvgIpc) is 4.02. The lowest BCUT2D eigenvalue weighted by Crippen LogP contribution is -2.47. The molecular weight excluding hydrogens is 810 g/mol. The lowest BCUT2D eigenvalue weighted by Gasteiger charge is -2.36. The van der Waals surface area contributed by atoms with Gasteiger partial charge in [-0.15, -0.1) is 5.10 Å². The molecule has 0 spiro atoms. The molecule has 1 amide bonds. The van der Waals surface area contributed by atoms with Gasteiger partial charge in [0, 0.05) is 83.0 Å². The lowest BCUT2D eigenvalue weighted by atomic mass is 10.1. The van der Waals surface area contributed by atoms with Crippen LogP contribution in [0, 0.1) is 11.2 Å². The van der Waals surface area contributed by atoms with Crippen molar-refractivity contribution in [2.75, 3.05) is 50.5 Å². The number of carbonyl (C=O) groups is 2. The zero-order valence-electron chi connectivity index (χ0n) is 34.6. The number of rotatable bonds is 18. The molecule has 0 aliphatic carbocycles. The van der Waals surface area contributed by atoms with Crippen LogP contribution in [0.3, 0.4) is 0 Å². The molecule has 5 aromatic rings. The van der Waals surface area contributed by atoms with Gasteiger partial charge in [0.05, 0.1) is 33.8 Å². The number of piperazine rings is 1. The number of halogens is 1. The van der Waals surface area contributed by atoms with E-state index in [0.717, 1.165) is 37.5 Å². The minimum absolute atomic E-state index is 0.00905. The highest BCUT2D eigenvalue weighted by molar-refractivity contribution is 7.89. The number of sulfonamides is 1. The van der Waals surface area contributed by atoms with E-state index in [4.69, 9.17) is 15.9 Å². The van der Waals surface area contributed by atoms with Gasteiger partial charge in [-0.2, -0.15) is 9.50 Å². The topological polar surface area (TPSA) is 231 Å². The number of amides is 1. The predicted octanol–water partition coefficient (Wildman–Crippen LogP) is 2.64. The van der Waals surface area contributed by atoms with Gasteiger partial charge < -0.3 is 36.2 Å². The van der Waals surface area contributed by atoms with Gasteiger partial charge in [-0.25, -0.2) is 26.9 Å². The summed E-state index contributed by atoms with van der Waals surface area (Å²) < 4.78 is 54.1. The van der Waals surface area contributed by atoms with E-state index in [0.29, 0.717) is 41.6 Å². The second kappa shape index (κ2) is 17.4. The van der Waals surface area contributed by atoms with E-state index in [-0.39, 0.29) is 77.1 Å². The molecule has 2 aliphatic rings. The average molecular weight is 860 g/mol. The summed E-state index contributed by atoms with van der Waals surface area (Å²) in [6.45, 7) is 6.12. The van der Waals surface area contributed by atoms with Crippen LogP contribution in [0.5, 0.6) is 5.75 Å². The zero-order chi connectivity index (χ0) is 43.7. The van der Waals surface area contributed by atoms with E-state index in [1.54, 1.807) is 7.05 Å². The fourth-order valence-electron chi connectivity index (χ4n) is 8.16. The molecule has 2 saturated heterocycles. The highest BCUT2D eigenvalue weighted by atomic mass is 32.2. The summed E-state index contributed by atoms with van der Waals surface area (Å²) in [6, 6.07) is 9.16. The number of allylic oxidation sites excluding steroid dienone is 1. The van der Waals surface area contributed by atoms with Crippen LogP contribution in [0.2, 0.25) is 0 Å². The van der Waals surface area contributed by atoms with Crippen LogP contribution in [-0.2, 0) is 26.7 Å². The molecule has 3 unspecified atom stereocenters. The molecule has 3 aromatic heterocycles. The first-order valence-corrected chi connectivity index (χ1v) is 21.4. The van der Waals surface area contributed by atoms with Crippen LogP contribution in [0.4, 0.5) is 21.7 Å². The summed E-state index contributed by atoms with van der Waals surface area (Å²) in [5, 5.41) is 17.4. The number of hydrogen-bond donors (Lipinski definition) is 4. The molecule has 19 nitrogen and oxygen atoms in total. The monoisotopic (exact) mass is 859 g/mol. The van der Waals surface area contributed by atoms with Crippen LogP contribution in [-0.4, -0.2) is 123 Å². The zero-order valence-corrected chi connectivity index (χ0v) is 35.4. The number of likely N-dealkylation sites (tertiary alicyclic amines) is 1. The number of fused-ring (bicyclic) bond motifs is 4. The largest absolute Gasteiger partial charge is 0.485 e. The van der Waals surface area contributed by atoms with Crippen molar-refractivity contribution in [2.24, 2.45) is 12.8 Å². The van der Waals surface area contributed by atoms with E-state index < -0.39 is 21.9 Å². The summed E-state index contributed by atoms with van der Waals surface area (Å²) in [6.07, 6.45) is 5.94. The molecule has 3 atom stereocenters. The molecule has 0 radical (unpaired) electrons. The second-order valence-electron chi connectivity index (χ2n) is 15.5. The summed E-state index contributed by atoms with van der Waals surface area (Å²) in [7, 11) is 0.677. The van der Waals surface area contributed by atoms with Gasteiger partial charge in [0.2, 0.25) is 27.5 Å². The molecule has 2 bridgehead atoms. The van der Waals surface area contributed by atoms with Gasteiger partial charge in [0.1, 0.15) is 24.1 Å². The Morgan fingerprint density at radius 3 is 2.61 bits per heavy atom. The lowest BCUT2D eigenvalue weighted by molar-refractivity contribution is -0.121. The Morgan fingerprint density at radius 1 is 1.16 bits per heavy atom. The van der Waals surface area contributed by atoms with E-state index in [1.807, 2.05) is 32.0 Å². The Bertz CT molecular complexity index is 2690. The van der Waals surface area contributed by atoms with Crippen molar-refractivity contribution in [3.05, 3.63) is 70.9 Å². The number of anilines is 3. The second-order valence-corrected chi connectivity index (χ2v) is 17.5. The molecule has 7 rings (SSSR count). The SMILES string of the molecule is CNC(=O)CCC(C=O)n1c(=O)n(C)c2cc(N3CC4CC3CN4CCCN(C)S(=O)(=O)c3ccc(Nc4nc5c(OC(C)C)c(/C(C=N)=C/N)ncn5n4)c(F)c3)ccc21. The standard InChI is InChI=1S/C40H50FN13O6S/c1-24(2)60-37-36(25(18-42)19-43)45-23-53-38(37)47-39(48-53)46-32-10-9-30(17-31(32)41)61(58,59)49(4)13-6-14-51-20-29-15-28(51)21-52(29)26-7-11-33-34(16-26)50(5)40(57)54(33)27(22-55)8-12-35(56)44-3/h7,9-11,16-19,22-24,27-29,42H,6,8,12-15,20-21,43H2,1-5H3,(H,44,56)(H,46,48)/b25-19+,42-18?. The van der Waals surface area contributed by atoms with Gasteiger partial charge in [0.25, 0.3) is 0 Å². The fourth-order valence-corrected chi connectivity index (χ4v) is 9.38. The van der Waals surface area contributed by atoms with Crippen molar-refractivity contribution in [3.8, 4) is 5.75 Å². The van der Waals surface area contributed by atoms with Crippen LogP contribution >= 0.6 is 0 Å². The fraction of sp³-hybridized carbons (Fsp3) is 0.425. The van der Waals surface area contributed by atoms with E-state index in [1.165, 1.54) is 56.7 Å². The number of benzene rings is 2. The van der Waals surface area contributed by atoms with Gasteiger partial charge in [-0.05, 0) is 76.1 Å². The number of aldehydes is 1. The minimum Gasteiger partial charge on any atom is -0.485 e. The van der Waals surface area contributed by atoms with Crippen molar-refractivity contribution in [1.29, 1.82) is 5.41 Å². The number of nitrogens with zero attached hydrogens (tertiary/aromatic N) is 9. The first-order valence-electron chi connectivity index (χ1n) is 19.9. The molecule has 5 heterocycles. The number of imidazole rings is 1. The van der Waals surface area contributed by atoms with Crippen molar-refractivity contribution in [3.63, 3.8) is 0 Å². The molecule has 2 aromatic carbocycles. The molecule has 61 heavy (non-hydrogen) atoms. The number of carbonyl (C=O) groups excluding carboxylic acids is 2. The predicted molar refractivity (Wildman–Crippen MR) is 228 cm³/mol. The van der Waals surface area contributed by atoms with E-state index >= 15 is 4.39 Å². The third-order valence-corrected chi connectivity index (χ3v) is 13.2. The van der Waals surface area contributed by atoms with Crippen LogP contribution < -0.4 is 31.7 Å². The number of ether oxygens (including phenoxy) is 1. The van der Waals surface area contributed by atoms with Gasteiger partial charge >= 0.3 is 5.69 Å². The number of hydrogen-bond acceptors (Lipinski definition) is 14. The highest BCUT2D eigenvalue weighted by Gasteiger charge is 2.43. The Kier molecular flexibility index (Phi) is 12.3. The molecule has 324 valence electrons. The number of aryl methyl sites for hydroxylation is 1. The molecule has 21 heteroatoms. The van der Waals surface area contributed by atoms with Crippen LogP contribution in [0.1, 0.15) is 51.3 Å². The Labute approximate surface area is 351 Å². The van der Waals surface area contributed by atoms with Crippen molar-refractivity contribution >= 4 is 68.0 Å². The van der Waals surface area contributed by atoms with Crippen LogP contribution in [0.25, 0.3) is 22.3 Å². The van der Waals surface area contributed by atoms with Gasteiger partial charge in [-0.1, -0.05) is 0 Å². The maximum absolute atomic E-state index is 15.5.